The van der Waals surface area contributed by atoms with Gasteiger partial charge in [0.15, 0.2) is 0 Å². The predicted octanol–water partition coefficient (Wildman–Crippen LogP) is 3.55. The molecule has 1 aliphatic rings. The number of hydrogen-bond acceptors (Lipinski definition) is 4. The first-order chi connectivity index (χ1) is 12.2. The van der Waals surface area contributed by atoms with Crippen LogP contribution in [0, 0.1) is 0 Å². The van der Waals surface area contributed by atoms with Gasteiger partial charge in [-0.1, -0.05) is 12.1 Å². The summed E-state index contributed by atoms with van der Waals surface area (Å²) in [5, 5.41) is 19.6. The van der Waals surface area contributed by atoms with Crippen LogP contribution in [-0.2, 0) is 6.54 Å². The van der Waals surface area contributed by atoms with Gasteiger partial charge in [-0.2, -0.15) is 0 Å². The molecular formula is C20H21N3O2. The van der Waals surface area contributed by atoms with E-state index in [0.29, 0.717) is 11.4 Å². The number of nitrogens with zero attached hydrogens (tertiary/aromatic N) is 3. The van der Waals surface area contributed by atoms with E-state index in [0.717, 1.165) is 12.2 Å². The lowest BCUT2D eigenvalue weighted by molar-refractivity contribution is 0.331. The molecule has 0 atom stereocenters. The number of imidazole rings is 1. The predicted molar refractivity (Wildman–Crippen MR) is 96.8 cm³/mol. The average Bonchev–Trinajstić information content (AvgIpc) is 3.27. The van der Waals surface area contributed by atoms with Gasteiger partial charge in [0, 0.05) is 30.7 Å². The van der Waals surface area contributed by atoms with Crippen LogP contribution in [0.2, 0.25) is 0 Å². The van der Waals surface area contributed by atoms with Crippen LogP contribution in [0.5, 0.6) is 11.5 Å². The smallest absolute Gasteiger partial charge is 0.148 e. The van der Waals surface area contributed by atoms with Crippen molar-refractivity contribution in [1.29, 1.82) is 0 Å². The van der Waals surface area contributed by atoms with Crippen LogP contribution in [0.3, 0.4) is 0 Å². The van der Waals surface area contributed by atoms with E-state index in [1.54, 1.807) is 18.3 Å². The molecule has 0 saturated carbocycles. The van der Waals surface area contributed by atoms with Crippen LogP contribution in [-0.4, -0.2) is 37.8 Å². The Hall–Kier alpha value is -2.79. The fraction of sp³-hybridized carbons (Fsp3) is 0.250. The zero-order valence-corrected chi connectivity index (χ0v) is 14.0. The third-order valence-corrected chi connectivity index (χ3v) is 4.68. The minimum absolute atomic E-state index is 0.0121. The van der Waals surface area contributed by atoms with Gasteiger partial charge in [0.25, 0.3) is 0 Å². The van der Waals surface area contributed by atoms with Gasteiger partial charge in [-0.15, -0.1) is 0 Å². The minimum Gasteiger partial charge on any atom is -0.508 e. The maximum absolute atomic E-state index is 10.1. The Balaban J connectivity index is 1.61. The van der Waals surface area contributed by atoms with E-state index in [4.69, 9.17) is 0 Å². The second-order valence-corrected chi connectivity index (χ2v) is 6.47. The third-order valence-electron chi connectivity index (χ3n) is 4.68. The molecule has 0 aliphatic carbocycles. The highest BCUT2D eigenvalue weighted by Gasteiger charge is 2.14. The second kappa shape index (κ2) is 6.61. The molecule has 0 spiro atoms. The third kappa shape index (κ3) is 3.23. The van der Waals surface area contributed by atoms with Crippen molar-refractivity contribution in [3.05, 3.63) is 60.4 Å². The summed E-state index contributed by atoms with van der Waals surface area (Å²) >= 11 is 0. The van der Waals surface area contributed by atoms with Crippen molar-refractivity contribution in [2.24, 2.45) is 0 Å². The van der Waals surface area contributed by atoms with Crippen molar-refractivity contribution in [1.82, 2.24) is 14.5 Å². The highest BCUT2D eigenvalue weighted by atomic mass is 16.3. The van der Waals surface area contributed by atoms with E-state index in [9.17, 15) is 10.2 Å². The molecule has 2 aromatic carbocycles. The molecule has 0 amide bonds. The molecule has 2 heterocycles. The van der Waals surface area contributed by atoms with Crippen molar-refractivity contribution in [2.45, 2.75) is 19.4 Å². The number of rotatable bonds is 4. The number of aromatic hydroxyl groups is 2. The lowest BCUT2D eigenvalue weighted by Crippen LogP contribution is -2.18. The van der Waals surface area contributed by atoms with Gasteiger partial charge in [-0.05, 0) is 55.8 Å². The first kappa shape index (κ1) is 15.7. The van der Waals surface area contributed by atoms with Crippen LogP contribution in [0.1, 0.15) is 18.4 Å². The molecule has 1 saturated heterocycles. The highest BCUT2D eigenvalue weighted by Crippen LogP contribution is 2.32. The Bertz CT molecular complexity index is 865. The average molecular weight is 335 g/mol. The van der Waals surface area contributed by atoms with Crippen LogP contribution < -0.4 is 0 Å². The molecule has 0 bridgehead atoms. The number of phenols is 2. The fourth-order valence-electron chi connectivity index (χ4n) is 3.38. The van der Waals surface area contributed by atoms with Crippen molar-refractivity contribution < 1.29 is 10.2 Å². The van der Waals surface area contributed by atoms with E-state index in [1.807, 2.05) is 10.8 Å². The van der Waals surface area contributed by atoms with E-state index in [-0.39, 0.29) is 11.5 Å². The second-order valence-electron chi connectivity index (χ2n) is 6.47. The summed E-state index contributed by atoms with van der Waals surface area (Å²) in [6.07, 6.45) is 6.18. The summed E-state index contributed by atoms with van der Waals surface area (Å²) in [5.74, 6) is 0.688. The lowest BCUT2D eigenvalue weighted by atomic mass is 10.1. The van der Waals surface area contributed by atoms with E-state index in [2.05, 4.69) is 34.1 Å². The monoisotopic (exact) mass is 335 g/mol. The van der Waals surface area contributed by atoms with Crippen LogP contribution in [0.15, 0.2) is 54.9 Å². The summed E-state index contributed by atoms with van der Waals surface area (Å²) in [4.78, 5) is 6.85. The van der Waals surface area contributed by atoms with Crippen LogP contribution >= 0.6 is 0 Å². The fourth-order valence-corrected chi connectivity index (χ4v) is 3.38. The van der Waals surface area contributed by atoms with Gasteiger partial charge < -0.3 is 10.2 Å². The first-order valence-corrected chi connectivity index (χ1v) is 8.58. The molecule has 5 nitrogen and oxygen atoms in total. The minimum atomic E-state index is 0.0121. The molecular weight excluding hydrogens is 314 g/mol. The number of benzene rings is 2. The molecule has 1 fully saturated rings. The van der Waals surface area contributed by atoms with E-state index < -0.39 is 0 Å². The van der Waals surface area contributed by atoms with E-state index in [1.165, 1.54) is 37.6 Å². The standard InChI is InChI=1S/C20H21N3O2/c24-17-7-8-18(19(25)13-17)20-21-9-12-23(20)16-5-3-15(4-6-16)14-22-10-1-2-11-22/h3-9,12-13,24-25H,1-2,10-11,14H2. The quantitative estimate of drug-likeness (QED) is 0.765. The Labute approximate surface area is 146 Å². The Kier molecular flexibility index (Phi) is 4.15. The van der Waals surface area contributed by atoms with Gasteiger partial charge in [-0.3, -0.25) is 9.47 Å². The number of aromatic nitrogens is 2. The van der Waals surface area contributed by atoms with Crippen molar-refractivity contribution in [2.75, 3.05) is 13.1 Å². The molecule has 25 heavy (non-hydrogen) atoms. The van der Waals surface area contributed by atoms with Gasteiger partial charge in [-0.25, -0.2) is 4.98 Å². The highest BCUT2D eigenvalue weighted by molar-refractivity contribution is 5.67. The Morgan fingerprint density at radius 2 is 1.72 bits per heavy atom. The number of likely N-dealkylation sites (tertiary alicyclic amines) is 1. The lowest BCUT2D eigenvalue weighted by Gasteiger charge is -2.15. The zero-order chi connectivity index (χ0) is 17.2. The van der Waals surface area contributed by atoms with Gasteiger partial charge in [0.2, 0.25) is 0 Å². The summed E-state index contributed by atoms with van der Waals surface area (Å²) in [7, 11) is 0. The Morgan fingerprint density at radius 1 is 0.960 bits per heavy atom. The van der Waals surface area contributed by atoms with Crippen molar-refractivity contribution >= 4 is 0 Å². The topological polar surface area (TPSA) is 61.5 Å². The van der Waals surface area contributed by atoms with Gasteiger partial charge in [0.05, 0.1) is 5.56 Å². The van der Waals surface area contributed by atoms with Crippen LogP contribution in [0.25, 0.3) is 17.1 Å². The van der Waals surface area contributed by atoms with E-state index >= 15 is 0 Å². The van der Waals surface area contributed by atoms with Crippen molar-refractivity contribution in [3.8, 4) is 28.6 Å². The molecule has 5 heteroatoms. The molecule has 0 unspecified atom stereocenters. The summed E-state index contributed by atoms with van der Waals surface area (Å²) in [6.45, 7) is 3.37. The number of hydrogen-bond donors (Lipinski definition) is 2. The van der Waals surface area contributed by atoms with Crippen molar-refractivity contribution in [3.63, 3.8) is 0 Å². The molecule has 3 aromatic rings. The molecule has 4 rings (SSSR count). The zero-order valence-electron chi connectivity index (χ0n) is 14.0. The van der Waals surface area contributed by atoms with Crippen LogP contribution in [0.4, 0.5) is 0 Å². The maximum atomic E-state index is 10.1. The van der Waals surface area contributed by atoms with Gasteiger partial charge >= 0.3 is 0 Å². The summed E-state index contributed by atoms with van der Waals surface area (Å²) < 4.78 is 1.94. The summed E-state index contributed by atoms with van der Waals surface area (Å²) in [5.41, 5.74) is 2.88. The molecule has 128 valence electrons. The molecule has 1 aliphatic heterocycles. The first-order valence-electron chi connectivity index (χ1n) is 8.58. The largest absolute Gasteiger partial charge is 0.508 e. The Morgan fingerprint density at radius 3 is 2.44 bits per heavy atom. The molecule has 1 aromatic heterocycles. The molecule has 2 N–H and O–H groups in total. The normalized spacial score (nSPS) is 14.9. The maximum Gasteiger partial charge on any atom is 0.148 e. The van der Waals surface area contributed by atoms with Gasteiger partial charge in [0.1, 0.15) is 17.3 Å². The SMILES string of the molecule is Oc1ccc(-c2nccn2-c2ccc(CN3CCCC3)cc2)c(O)c1. The number of phenolic OH excluding ortho intramolecular Hbond substituents is 2. The molecule has 0 radical (unpaired) electrons. The summed E-state index contributed by atoms with van der Waals surface area (Å²) in [6, 6.07) is 13.0.